The van der Waals surface area contributed by atoms with Gasteiger partial charge in [-0.05, 0) is 23.4 Å². The number of amides is 1. The number of alkyl halides is 1. The van der Waals surface area contributed by atoms with Crippen LogP contribution in [0, 0.1) is 0 Å². The van der Waals surface area contributed by atoms with E-state index >= 15 is 0 Å². The van der Waals surface area contributed by atoms with Crippen molar-refractivity contribution >= 4 is 39.3 Å². The lowest BCUT2D eigenvalue weighted by Gasteiger charge is -2.45. The second-order valence-corrected chi connectivity index (χ2v) is 8.26. The summed E-state index contributed by atoms with van der Waals surface area (Å²) < 4.78 is 16.2. The maximum Gasteiger partial charge on any atom is 0.243 e. The van der Waals surface area contributed by atoms with Gasteiger partial charge in [0.1, 0.15) is 4.83 Å². The molecule has 1 saturated heterocycles. The van der Waals surface area contributed by atoms with Crippen LogP contribution in [-0.2, 0) is 4.79 Å². The van der Waals surface area contributed by atoms with E-state index in [1.54, 1.807) is 50.1 Å². The van der Waals surface area contributed by atoms with Crippen LogP contribution < -0.4 is 19.1 Å². The summed E-state index contributed by atoms with van der Waals surface area (Å²) in [5.41, 5.74) is 1.79. The standard InChI is InChI=1S/C20H22BrNO4S/c1-5-27-14-8-6-12(7-9-14)18-17(21)20(23)22(18)13-10-15(24-2)19(26-4)16(11-13)25-3/h6-11,17-18H,5H2,1-4H3. The predicted molar refractivity (Wildman–Crippen MR) is 112 cm³/mol. The van der Waals surface area contributed by atoms with E-state index in [9.17, 15) is 4.79 Å². The smallest absolute Gasteiger partial charge is 0.243 e. The van der Waals surface area contributed by atoms with E-state index in [1.807, 2.05) is 0 Å². The highest BCUT2D eigenvalue weighted by molar-refractivity contribution is 9.10. The van der Waals surface area contributed by atoms with Crippen molar-refractivity contribution in [1.29, 1.82) is 0 Å². The molecule has 2 aromatic rings. The molecule has 0 aromatic heterocycles. The van der Waals surface area contributed by atoms with Crippen molar-refractivity contribution in [2.75, 3.05) is 32.0 Å². The fraction of sp³-hybridized carbons (Fsp3) is 0.350. The SMILES string of the molecule is CCSc1ccc(C2C(Br)C(=O)N2c2cc(OC)c(OC)c(OC)c2)cc1. The Balaban J connectivity index is 1.98. The van der Waals surface area contributed by atoms with Gasteiger partial charge in [-0.3, -0.25) is 4.79 Å². The van der Waals surface area contributed by atoms with E-state index in [2.05, 4.69) is 47.1 Å². The van der Waals surface area contributed by atoms with Gasteiger partial charge in [0.05, 0.1) is 33.1 Å². The number of hydrogen-bond acceptors (Lipinski definition) is 5. The summed E-state index contributed by atoms with van der Waals surface area (Å²) >= 11 is 5.33. The summed E-state index contributed by atoms with van der Waals surface area (Å²) in [6, 6.07) is 11.8. The molecule has 27 heavy (non-hydrogen) atoms. The van der Waals surface area contributed by atoms with Gasteiger partial charge in [-0.15, -0.1) is 11.8 Å². The summed E-state index contributed by atoms with van der Waals surface area (Å²) in [7, 11) is 4.68. The Hall–Kier alpha value is -1.86. The molecular formula is C20H22BrNO4S. The van der Waals surface area contributed by atoms with E-state index in [4.69, 9.17) is 14.2 Å². The van der Waals surface area contributed by atoms with Crippen molar-refractivity contribution in [3.63, 3.8) is 0 Å². The van der Waals surface area contributed by atoms with Gasteiger partial charge < -0.3 is 19.1 Å². The molecule has 2 aromatic carbocycles. The molecule has 0 saturated carbocycles. The first-order valence-corrected chi connectivity index (χ1v) is 10.5. The number of ether oxygens (including phenoxy) is 3. The number of nitrogens with zero attached hydrogens (tertiary/aromatic N) is 1. The number of anilines is 1. The fourth-order valence-electron chi connectivity index (χ4n) is 3.19. The molecule has 2 atom stereocenters. The highest BCUT2D eigenvalue weighted by Gasteiger charge is 2.47. The average Bonchev–Trinajstić information content (AvgIpc) is 2.71. The fourth-order valence-corrected chi connectivity index (χ4v) is 4.62. The summed E-state index contributed by atoms with van der Waals surface area (Å²) in [5.74, 6) is 2.57. The van der Waals surface area contributed by atoms with E-state index in [0.29, 0.717) is 22.9 Å². The lowest BCUT2D eigenvalue weighted by Crippen LogP contribution is -2.56. The third-order valence-corrected chi connectivity index (χ3v) is 6.28. The maximum absolute atomic E-state index is 12.6. The molecule has 5 nitrogen and oxygen atoms in total. The number of methoxy groups -OCH3 is 3. The van der Waals surface area contributed by atoms with Crippen LogP contribution in [-0.4, -0.2) is 37.8 Å². The Morgan fingerprint density at radius 2 is 1.63 bits per heavy atom. The molecule has 0 spiro atoms. The Bertz CT molecular complexity index is 802. The van der Waals surface area contributed by atoms with Crippen LogP contribution in [0.3, 0.4) is 0 Å². The number of hydrogen-bond donors (Lipinski definition) is 0. The number of carbonyl (C=O) groups excluding carboxylic acids is 1. The molecule has 2 unspecified atom stereocenters. The first kappa shape index (κ1) is 19.9. The molecule has 1 aliphatic heterocycles. The van der Waals surface area contributed by atoms with Crippen LogP contribution in [0.5, 0.6) is 17.2 Å². The molecule has 144 valence electrons. The van der Waals surface area contributed by atoms with Gasteiger partial charge in [0.25, 0.3) is 0 Å². The van der Waals surface area contributed by atoms with Crippen LogP contribution in [0.15, 0.2) is 41.3 Å². The van der Waals surface area contributed by atoms with Crippen molar-refractivity contribution < 1.29 is 19.0 Å². The lowest BCUT2D eigenvalue weighted by molar-refractivity contribution is -0.123. The summed E-state index contributed by atoms with van der Waals surface area (Å²) in [5, 5.41) is 0. The van der Waals surface area contributed by atoms with Crippen molar-refractivity contribution in [1.82, 2.24) is 0 Å². The van der Waals surface area contributed by atoms with Gasteiger partial charge in [0, 0.05) is 17.0 Å². The third-order valence-electron chi connectivity index (χ3n) is 4.49. The number of β-lactam (4-membered cyclic amide) rings is 1. The topological polar surface area (TPSA) is 48.0 Å². The van der Waals surface area contributed by atoms with Gasteiger partial charge in [-0.2, -0.15) is 0 Å². The molecule has 1 aliphatic rings. The zero-order chi connectivity index (χ0) is 19.6. The van der Waals surface area contributed by atoms with Crippen molar-refractivity contribution in [2.45, 2.75) is 22.7 Å². The predicted octanol–water partition coefficient (Wildman–Crippen LogP) is 4.68. The number of benzene rings is 2. The first-order valence-electron chi connectivity index (χ1n) is 8.55. The average molecular weight is 452 g/mol. The van der Waals surface area contributed by atoms with Gasteiger partial charge in [-0.1, -0.05) is 35.0 Å². The largest absolute Gasteiger partial charge is 0.493 e. The molecule has 7 heteroatoms. The number of thioether (sulfide) groups is 1. The molecule has 1 amide bonds. The van der Waals surface area contributed by atoms with Gasteiger partial charge in [0.15, 0.2) is 11.5 Å². The molecule has 1 heterocycles. The normalized spacial score (nSPS) is 18.9. The van der Waals surface area contributed by atoms with Crippen LogP contribution in [0.4, 0.5) is 5.69 Å². The zero-order valence-electron chi connectivity index (χ0n) is 15.7. The lowest BCUT2D eigenvalue weighted by atomic mass is 9.92. The molecule has 0 bridgehead atoms. The maximum atomic E-state index is 12.6. The van der Waals surface area contributed by atoms with Gasteiger partial charge in [0.2, 0.25) is 11.7 Å². The minimum absolute atomic E-state index is 0.00119. The van der Waals surface area contributed by atoms with Crippen LogP contribution in [0.25, 0.3) is 0 Å². The molecular weight excluding hydrogens is 430 g/mol. The second-order valence-electron chi connectivity index (χ2n) is 5.94. The highest BCUT2D eigenvalue weighted by Crippen LogP contribution is 2.48. The Morgan fingerprint density at radius 1 is 1.04 bits per heavy atom. The van der Waals surface area contributed by atoms with E-state index in [1.165, 1.54) is 4.90 Å². The third kappa shape index (κ3) is 3.62. The summed E-state index contributed by atoms with van der Waals surface area (Å²) in [6.07, 6.45) is 0. The zero-order valence-corrected chi connectivity index (χ0v) is 18.1. The van der Waals surface area contributed by atoms with E-state index in [-0.39, 0.29) is 16.8 Å². The Morgan fingerprint density at radius 3 is 2.11 bits per heavy atom. The summed E-state index contributed by atoms with van der Waals surface area (Å²) in [6.45, 7) is 2.13. The number of halogens is 1. The number of rotatable bonds is 7. The summed E-state index contributed by atoms with van der Waals surface area (Å²) in [4.78, 5) is 15.3. The second kappa shape index (κ2) is 8.44. The van der Waals surface area contributed by atoms with E-state index < -0.39 is 0 Å². The monoisotopic (exact) mass is 451 g/mol. The van der Waals surface area contributed by atoms with Crippen molar-refractivity contribution in [3.05, 3.63) is 42.0 Å². The van der Waals surface area contributed by atoms with Crippen LogP contribution in [0.2, 0.25) is 0 Å². The van der Waals surface area contributed by atoms with Crippen molar-refractivity contribution in [3.8, 4) is 17.2 Å². The van der Waals surface area contributed by atoms with Gasteiger partial charge >= 0.3 is 0 Å². The Kier molecular flexibility index (Phi) is 6.22. The number of carbonyl (C=O) groups is 1. The Labute approximate surface area is 172 Å². The first-order chi connectivity index (χ1) is 13.0. The molecule has 3 rings (SSSR count). The van der Waals surface area contributed by atoms with Gasteiger partial charge in [-0.25, -0.2) is 0 Å². The molecule has 0 N–H and O–H groups in total. The minimum atomic E-state index is -0.263. The molecule has 1 fully saturated rings. The molecule has 0 aliphatic carbocycles. The quantitative estimate of drug-likeness (QED) is 0.347. The minimum Gasteiger partial charge on any atom is -0.493 e. The van der Waals surface area contributed by atoms with Crippen LogP contribution >= 0.6 is 27.7 Å². The van der Waals surface area contributed by atoms with Crippen molar-refractivity contribution in [2.24, 2.45) is 0 Å². The van der Waals surface area contributed by atoms with E-state index in [0.717, 1.165) is 11.3 Å². The van der Waals surface area contributed by atoms with Crippen LogP contribution in [0.1, 0.15) is 18.5 Å². The molecule has 0 radical (unpaired) electrons. The highest BCUT2D eigenvalue weighted by atomic mass is 79.9.